The number of hydrazine groups is 1. The molecule has 42 heavy (non-hydrogen) atoms. The number of likely N-dealkylation sites (N-methyl/N-ethyl adjacent to an activating group) is 1. The SMILES string of the molecule is C[C@@H]1CCC[C@H](n2cnc(-c3cc(Cl)ccc3-c3cnn(C(F)F)c3)cc2=O)C2CC(CCN2)C2C(CNN2C)NC1. The lowest BCUT2D eigenvalue weighted by Crippen LogP contribution is -2.54. The van der Waals surface area contributed by atoms with Crippen LogP contribution in [0.5, 0.6) is 0 Å². The standard InChI is InChI=1S/C30H39ClF2N8O/c1-18-4-3-5-27(25-10-19(8-9-34-25)29-26(35-13-18)15-37-39(29)2)40-17-36-24(12-28(40)42)23-11-21(31)6-7-22(23)20-14-38-41(16-20)30(32)33/h6-7,11-12,14,16-19,25-27,29-30,34-35,37H,3-5,8-10,13,15H2,1-2H3/t18-,19?,25?,26?,27+,29?/m1/s1. The maximum absolute atomic E-state index is 13.8. The van der Waals surface area contributed by atoms with E-state index in [-0.39, 0.29) is 17.6 Å². The molecule has 5 heterocycles. The van der Waals surface area contributed by atoms with E-state index in [1.807, 2.05) is 0 Å². The average molecular weight is 601 g/mol. The lowest BCUT2D eigenvalue weighted by atomic mass is 9.80. The van der Waals surface area contributed by atoms with Gasteiger partial charge in [0.15, 0.2) is 0 Å². The Morgan fingerprint density at radius 1 is 1.07 bits per heavy atom. The summed E-state index contributed by atoms with van der Waals surface area (Å²) >= 11 is 6.34. The van der Waals surface area contributed by atoms with Gasteiger partial charge in [-0.2, -0.15) is 13.9 Å². The fourth-order valence-corrected chi connectivity index (χ4v) is 7.37. The minimum Gasteiger partial charge on any atom is -0.312 e. The number of nitrogens with zero attached hydrogens (tertiary/aromatic N) is 5. The number of aromatic nitrogens is 4. The Bertz CT molecular complexity index is 1450. The van der Waals surface area contributed by atoms with Crippen LogP contribution in [0, 0.1) is 11.8 Å². The zero-order chi connectivity index (χ0) is 29.4. The van der Waals surface area contributed by atoms with Gasteiger partial charge in [0.1, 0.15) is 0 Å². The number of fused-ring (bicyclic) bond motifs is 4. The van der Waals surface area contributed by atoms with Gasteiger partial charge in [-0.25, -0.2) is 14.7 Å². The molecule has 2 bridgehead atoms. The van der Waals surface area contributed by atoms with Crippen LogP contribution >= 0.6 is 11.6 Å². The molecule has 0 saturated carbocycles. The topological polar surface area (TPSA) is 92.0 Å². The molecule has 226 valence electrons. The lowest BCUT2D eigenvalue weighted by Gasteiger charge is -2.42. The van der Waals surface area contributed by atoms with Gasteiger partial charge in [0.05, 0.1) is 24.3 Å². The first-order valence-electron chi connectivity index (χ1n) is 14.9. The third kappa shape index (κ3) is 6.03. The summed E-state index contributed by atoms with van der Waals surface area (Å²) in [7, 11) is 2.14. The van der Waals surface area contributed by atoms with Crippen LogP contribution in [0.4, 0.5) is 8.78 Å². The summed E-state index contributed by atoms with van der Waals surface area (Å²) in [4.78, 5) is 18.5. The second-order valence-electron chi connectivity index (χ2n) is 12.1. The van der Waals surface area contributed by atoms with E-state index in [0.29, 0.717) is 56.0 Å². The second-order valence-corrected chi connectivity index (χ2v) is 12.6. The van der Waals surface area contributed by atoms with Gasteiger partial charge in [-0.15, -0.1) is 0 Å². The van der Waals surface area contributed by atoms with Gasteiger partial charge in [-0.1, -0.05) is 31.0 Å². The average Bonchev–Trinajstić information content (AvgIpc) is 3.61. The van der Waals surface area contributed by atoms with Crippen LogP contribution in [0.1, 0.15) is 51.6 Å². The van der Waals surface area contributed by atoms with Gasteiger partial charge in [-0.3, -0.25) is 14.8 Å². The van der Waals surface area contributed by atoms with E-state index in [4.69, 9.17) is 16.6 Å². The number of nitrogens with one attached hydrogen (secondary N) is 3. The van der Waals surface area contributed by atoms with Crippen molar-refractivity contribution in [1.82, 2.24) is 40.4 Å². The number of rotatable bonds is 4. The lowest BCUT2D eigenvalue weighted by molar-refractivity contribution is 0.0566. The maximum atomic E-state index is 13.8. The third-order valence-electron chi connectivity index (χ3n) is 9.33. The molecule has 3 saturated heterocycles. The van der Waals surface area contributed by atoms with Gasteiger partial charge in [0.25, 0.3) is 5.56 Å². The molecule has 1 aromatic carbocycles. The molecule has 0 spiro atoms. The summed E-state index contributed by atoms with van der Waals surface area (Å²) in [5, 5.41) is 14.1. The van der Waals surface area contributed by atoms with Gasteiger partial charge < -0.3 is 10.6 Å². The summed E-state index contributed by atoms with van der Waals surface area (Å²) in [6.07, 6.45) is 9.38. The molecule has 2 aromatic heterocycles. The van der Waals surface area contributed by atoms with Crippen LogP contribution in [-0.2, 0) is 0 Å². The summed E-state index contributed by atoms with van der Waals surface area (Å²) in [5.41, 5.74) is 5.58. The first-order chi connectivity index (χ1) is 20.3. The van der Waals surface area contributed by atoms with E-state index >= 15 is 0 Å². The monoisotopic (exact) mass is 600 g/mol. The summed E-state index contributed by atoms with van der Waals surface area (Å²) in [6.45, 7) is 2.39. The summed E-state index contributed by atoms with van der Waals surface area (Å²) in [6, 6.07) is 7.62. The van der Waals surface area contributed by atoms with Gasteiger partial charge in [-0.05, 0) is 68.3 Å². The molecule has 3 aliphatic heterocycles. The Morgan fingerprint density at radius 2 is 1.93 bits per heavy atom. The minimum absolute atomic E-state index is 0.0253. The summed E-state index contributed by atoms with van der Waals surface area (Å²) in [5.74, 6) is 1.04. The van der Waals surface area contributed by atoms with Crippen molar-refractivity contribution in [3.05, 3.63) is 58.4 Å². The van der Waals surface area contributed by atoms with Crippen LogP contribution in [0.25, 0.3) is 22.4 Å². The number of hydrogen-bond donors (Lipinski definition) is 3. The number of halogens is 3. The molecule has 0 amide bonds. The van der Waals surface area contributed by atoms with Gasteiger partial charge >= 0.3 is 6.55 Å². The van der Waals surface area contributed by atoms with Crippen LogP contribution < -0.4 is 21.6 Å². The number of hydrogen-bond acceptors (Lipinski definition) is 7. The van der Waals surface area contributed by atoms with E-state index in [9.17, 15) is 13.6 Å². The molecule has 6 atom stereocenters. The first-order valence-corrected chi connectivity index (χ1v) is 15.3. The molecule has 3 aliphatic rings. The Kier molecular flexibility index (Phi) is 8.74. The third-order valence-corrected chi connectivity index (χ3v) is 9.57. The number of benzene rings is 1. The van der Waals surface area contributed by atoms with Crippen LogP contribution in [-0.4, -0.2) is 69.1 Å². The molecular formula is C30H39ClF2N8O. The highest BCUT2D eigenvalue weighted by Gasteiger charge is 2.41. The highest BCUT2D eigenvalue weighted by molar-refractivity contribution is 6.31. The molecular weight excluding hydrogens is 562 g/mol. The van der Waals surface area contributed by atoms with Crippen molar-refractivity contribution in [1.29, 1.82) is 0 Å². The number of alkyl halides is 2. The second kappa shape index (κ2) is 12.5. The zero-order valence-electron chi connectivity index (χ0n) is 24.0. The van der Waals surface area contributed by atoms with Crippen molar-refractivity contribution < 1.29 is 8.78 Å². The van der Waals surface area contributed by atoms with Crippen LogP contribution in [0.15, 0.2) is 47.8 Å². The first kappa shape index (κ1) is 29.4. The van der Waals surface area contributed by atoms with Crippen molar-refractivity contribution in [2.45, 2.75) is 69.7 Å². The predicted octanol–water partition coefficient (Wildman–Crippen LogP) is 4.33. The normalized spacial score (nSPS) is 29.2. The van der Waals surface area contributed by atoms with E-state index in [0.717, 1.165) is 51.7 Å². The fraction of sp³-hybridized carbons (Fsp3) is 0.567. The van der Waals surface area contributed by atoms with Crippen molar-refractivity contribution >= 4 is 11.6 Å². The largest absolute Gasteiger partial charge is 0.333 e. The van der Waals surface area contributed by atoms with Crippen LogP contribution in [0.2, 0.25) is 5.02 Å². The van der Waals surface area contributed by atoms with E-state index in [2.05, 4.69) is 40.1 Å². The van der Waals surface area contributed by atoms with Crippen LogP contribution in [0.3, 0.4) is 0 Å². The van der Waals surface area contributed by atoms with E-state index in [1.165, 1.54) is 12.4 Å². The highest BCUT2D eigenvalue weighted by Crippen LogP contribution is 2.35. The Labute approximate surface area is 249 Å². The minimum atomic E-state index is -2.74. The van der Waals surface area contributed by atoms with Crippen molar-refractivity contribution in [2.75, 3.05) is 26.7 Å². The zero-order valence-corrected chi connectivity index (χ0v) is 24.8. The Balaban J connectivity index is 1.32. The fourth-order valence-electron chi connectivity index (χ4n) is 7.20. The quantitative estimate of drug-likeness (QED) is 0.411. The molecule has 12 heteroatoms. The van der Waals surface area contributed by atoms with Crippen molar-refractivity contribution in [3.63, 3.8) is 0 Å². The predicted molar refractivity (Wildman–Crippen MR) is 159 cm³/mol. The molecule has 0 aliphatic carbocycles. The molecule has 9 nitrogen and oxygen atoms in total. The van der Waals surface area contributed by atoms with Gasteiger partial charge in [0.2, 0.25) is 0 Å². The molecule has 3 fully saturated rings. The highest BCUT2D eigenvalue weighted by atomic mass is 35.5. The number of piperidine rings is 1. The van der Waals surface area contributed by atoms with E-state index < -0.39 is 6.55 Å². The summed E-state index contributed by atoms with van der Waals surface area (Å²) < 4.78 is 28.8. The molecule has 0 radical (unpaired) electrons. The van der Waals surface area contributed by atoms with Crippen molar-refractivity contribution in [3.8, 4) is 22.4 Å². The molecule has 6 rings (SSSR count). The smallest absolute Gasteiger partial charge is 0.312 e. The molecule has 3 aromatic rings. The Morgan fingerprint density at radius 3 is 2.71 bits per heavy atom. The molecule has 3 N–H and O–H groups in total. The van der Waals surface area contributed by atoms with Crippen molar-refractivity contribution in [2.24, 2.45) is 11.8 Å². The maximum Gasteiger partial charge on any atom is 0.333 e. The van der Waals surface area contributed by atoms with E-state index in [1.54, 1.807) is 35.2 Å². The Hall–Kier alpha value is -2.70. The molecule has 4 unspecified atom stereocenters. The van der Waals surface area contributed by atoms with Gasteiger partial charge in [0, 0.05) is 60.1 Å².